The Hall–Kier alpha value is -3.13. The minimum Gasteiger partial charge on any atom is -0.492 e. The fraction of sp³-hybridized carbons (Fsp3) is 0.211. The monoisotopic (exact) mass is 385 g/mol. The van der Waals surface area contributed by atoms with Gasteiger partial charge in [0.2, 0.25) is 0 Å². The second-order valence-electron chi connectivity index (χ2n) is 5.48. The maximum Gasteiger partial charge on any atom is 0.325 e. The smallest absolute Gasteiger partial charge is 0.325 e. The van der Waals surface area contributed by atoms with E-state index in [0.717, 1.165) is 4.70 Å². The van der Waals surface area contributed by atoms with Crippen LogP contribution in [-0.2, 0) is 4.79 Å². The number of carbonyl (C=O) groups excluding carboxylic acids is 2. The number of benzene rings is 2. The minimum absolute atomic E-state index is 0.301. The first-order valence-electron chi connectivity index (χ1n) is 8.50. The number of para-hydroxylation sites is 2. The Balaban J connectivity index is 1.71. The van der Waals surface area contributed by atoms with Crippen molar-refractivity contribution in [1.82, 2.24) is 4.98 Å². The number of amides is 2. The Labute approximate surface area is 160 Å². The number of carbonyl (C=O) groups is 2. The zero-order chi connectivity index (χ0) is 19.2. The van der Waals surface area contributed by atoms with Crippen LogP contribution in [-0.4, -0.2) is 23.6 Å². The van der Waals surface area contributed by atoms with Crippen LogP contribution < -0.4 is 20.1 Å². The molecule has 0 fully saturated rings. The van der Waals surface area contributed by atoms with Gasteiger partial charge in [-0.2, -0.15) is 0 Å². The molecular weight excluding hydrogens is 366 g/mol. The van der Waals surface area contributed by atoms with E-state index in [4.69, 9.17) is 9.47 Å². The molecule has 140 valence electrons. The highest BCUT2D eigenvalue weighted by molar-refractivity contribution is 7.22. The van der Waals surface area contributed by atoms with Crippen LogP contribution in [0.15, 0.2) is 42.5 Å². The normalized spacial score (nSPS) is 10.4. The summed E-state index contributed by atoms with van der Waals surface area (Å²) < 4.78 is 11.5. The van der Waals surface area contributed by atoms with Crippen LogP contribution in [0.2, 0.25) is 0 Å². The molecule has 27 heavy (non-hydrogen) atoms. The summed E-state index contributed by atoms with van der Waals surface area (Å²) in [6.45, 7) is 4.12. The van der Waals surface area contributed by atoms with E-state index >= 15 is 0 Å². The summed E-state index contributed by atoms with van der Waals surface area (Å²) >= 11 is 1.29. The molecular formula is C19H19N3O4S. The zero-order valence-electron chi connectivity index (χ0n) is 14.9. The first-order chi connectivity index (χ1) is 13.1. The van der Waals surface area contributed by atoms with Gasteiger partial charge >= 0.3 is 12.0 Å². The van der Waals surface area contributed by atoms with Gasteiger partial charge in [-0.25, -0.2) is 9.78 Å². The molecule has 1 aromatic heterocycles. The van der Waals surface area contributed by atoms with Crippen molar-refractivity contribution in [1.29, 1.82) is 0 Å². The van der Waals surface area contributed by atoms with E-state index in [1.807, 2.05) is 19.1 Å². The molecule has 0 aliphatic heterocycles. The molecule has 0 saturated heterocycles. The zero-order valence-corrected chi connectivity index (χ0v) is 15.8. The van der Waals surface area contributed by atoms with E-state index in [9.17, 15) is 9.59 Å². The summed E-state index contributed by atoms with van der Waals surface area (Å²) in [7, 11) is 0. The molecule has 0 spiro atoms. The number of hydrogen-bond donors (Lipinski definition) is 2. The van der Waals surface area contributed by atoms with E-state index in [1.54, 1.807) is 37.3 Å². The van der Waals surface area contributed by atoms with Crippen molar-refractivity contribution in [3.63, 3.8) is 0 Å². The van der Waals surface area contributed by atoms with Crippen molar-refractivity contribution in [2.45, 2.75) is 20.3 Å². The predicted molar refractivity (Wildman–Crippen MR) is 106 cm³/mol. The van der Waals surface area contributed by atoms with Crippen LogP contribution in [0.3, 0.4) is 0 Å². The fourth-order valence-electron chi connectivity index (χ4n) is 2.33. The topological polar surface area (TPSA) is 89.6 Å². The van der Waals surface area contributed by atoms with Gasteiger partial charge < -0.3 is 14.8 Å². The van der Waals surface area contributed by atoms with Crippen LogP contribution in [0.25, 0.3) is 10.2 Å². The van der Waals surface area contributed by atoms with Crippen LogP contribution in [0, 0.1) is 0 Å². The lowest BCUT2D eigenvalue weighted by Gasteiger charge is -2.11. The first-order valence-corrected chi connectivity index (χ1v) is 9.31. The maximum absolute atomic E-state index is 12.3. The van der Waals surface area contributed by atoms with Gasteiger partial charge in [0.25, 0.3) is 0 Å². The average Bonchev–Trinajstić information content (AvgIpc) is 3.04. The molecule has 0 saturated carbocycles. The van der Waals surface area contributed by atoms with Gasteiger partial charge in [0.1, 0.15) is 11.5 Å². The van der Waals surface area contributed by atoms with Crippen LogP contribution >= 0.6 is 11.3 Å². The molecule has 3 rings (SSSR count). The van der Waals surface area contributed by atoms with Crippen molar-refractivity contribution in [3.05, 3.63) is 42.5 Å². The van der Waals surface area contributed by atoms with Crippen LogP contribution in [0.4, 0.5) is 15.6 Å². The third-order valence-corrected chi connectivity index (χ3v) is 4.47. The van der Waals surface area contributed by atoms with Crippen molar-refractivity contribution < 1.29 is 19.1 Å². The van der Waals surface area contributed by atoms with E-state index in [0.29, 0.717) is 40.9 Å². The molecule has 2 N–H and O–H groups in total. The molecule has 0 bridgehead atoms. The molecule has 0 aliphatic rings. The lowest BCUT2D eigenvalue weighted by molar-refractivity contribution is -0.134. The van der Waals surface area contributed by atoms with Gasteiger partial charge in [-0.05, 0) is 31.2 Å². The number of thiazole rings is 1. The number of nitrogens with zero attached hydrogens (tertiary/aromatic N) is 1. The van der Waals surface area contributed by atoms with Crippen LogP contribution in [0.5, 0.6) is 11.5 Å². The molecule has 3 aromatic rings. The number of fused-ring (bicyclic) bond motifs is 1. The lowest BCUT2D eigenvalue weighted by atomic mass is 10.3. The van der Waals surface area contributed by atoms with E-state index in [1.165, 1.54) is 11.3 Å². The summed E-state index contributed by atoms with van der Waals surface area (Å²) in [5.74, 6) is 0.756. The molecule has 0 unspecified atom stereocenters. The third-order valence-electron chi connectivity index (χ3n) is 3.54. The number of rotatable bonds is 6. The Morgan fingerprint density at radius 2 is 1.93 bits per heavy atom. The largest absolute Gasteiger partial charge is 0.492 e. The van der Waals surface area contributed by atoms with Gasteiger partial charge in [0.15, 0.2) is 5.13 Å². The molecule has 8 heteroatoms. The molecule has 1 heterocycles. The SMILES string of the molecule is CCOc1ccccc1NC(=O)Nc1nc2ccc(OC(=O)CC)cc2s1. The molecule has 2 aromatic carbocycles. The van der Waals surface area contributed by atoms with Gasteiger partial charge in [0, 0.05) is 12.5 Å². The number of aromatic nitrogens is 1. The number of hydrogen-bond acceptors (Lipinski definition) is 6. The average molecular weight is 385 g/mol. The van der Waals surface area contributed by atoms with Crippen molar-refractivity contribution in [3.8, 4) is 11.5 Å². The molecule has 0 aliphatic carbocycles. The first kappa shape index (κ1) is 18.7. The lowest BCUT2D eigenvalue weighted by Crippen LogP contribution is -2.19. The van der Waals surface area contributed by atoms with Gasteiger partial charge in [-0.1, -0.05) is 30.4 Å². The minimum atomic E-state index is -0.418. The summed E-state index contributed by atoms with van der Waals surface area (Å²) in [4.78, 5) is 28.1. The molecule has 7 nitrogen and oxygen atoms in total. The molecule has 2 amide bonds. The Morgan fingerprint density at radius 1 is 1.11 bits per heavy atom. The standard InChI is InChI=1S/C19H19N3O4S/c1-3-17(23)26-12-9-10-14-16(11-12)27-19(21-14)22-18(24)20-13-7-5-6-8-15(13)25-4-2/h5-11H,3-4H2,1-2H3,(H2,20,21,22,24). The Bertz CT molecular complexity index is 970. The maximum atomic E-state index is 12.3. The number of esters is 1. The van der Waals surface area contributed by atoms with Crippen molar-refractivity contribution in [2.75, 3.05) is 17.2 Å². The highest BCUT2D eigenvalue weighted by atomic mass is 32.1. The Morgan fingerprint density at radius 3 is 2.70 bits per heavy atom. The summed E-state index contributed by atoms with van der Waals surface area (Å²) in [5.41, 5.74) is 1.29. The summed E-state index contributed by atoms with van der Waals surface area (Å²) in [5, 5.41) is 5.91. The van der Waals surface area contributed by atoms with Crippen LogP contribution in [0.1, 0.15) is 20.3 Å². The van der Waals surface area contributed by atoms with E-state index < -0.39 is 6.03 Å². The van der Waals surface area contributed by atoms with Gasteiger partial charge in [-0.3, -0.25) is 10.1 Å². The van der Waals surface area contributed by atoms with Crippen molar-refractivity contribution >= 4 is 44.4 Å². The van der Waals surface area contributed by atoms with Crippen molar-refractivity contribution in [2.24, 2.45) is 0 Å². The van der Waals surface area contributed by atoms with E-state index in [2.05, 4.69) is 15.6 Å². The number of anilines is 2. The Kier molecular flexibility index (Phi) is 5.87. The summed E-state index contributed by atoms with van der Waals surface area (Å²) in [6, 6.07) is 11.9. The third kappa shape index (κ3) is 4.73. The van der Waals surface area contributed by atoms with E-state index in [-0.39, 0.29) is 5.97 Å². The highest BCUT2D eigenvalue weighted by Gasteiger charge is 2.11. The fourth-order valence-corrected chi connectivity index (χ4v) is 3.22. The summed E-state index contributed by atoms with van der Waals surface area (Å²) in [6.07, 6.45) is 0.303. The second kappa shape index (κ2) is 8.50. The number of nitrogens with one attached hydrogen (secondary N) is 2. The quantitative estimate of drug-likeness (QED) is 0.476. The highest BCUT2D eigenvalue weighted by Crippen LogP contribution is 2.30. The predicted octanol–water partition coefficient (Wildman–Crippen LogP) is 4.65. The van der Waals surface area contributed by atoms with Gasteiger partial charge in [0.05, 0.1) is 22.5 Å². The number of urea groups is 1. The molecule has 0 atom stereocenters. The number of ether oxygens (including phenoxy) is 2. The van der Waals surface area contributed by atoms with Gasteiger partial charge in [-0.15, -0.1) is 0 Å². The molecule has 0 radical (unpaired) electrons. The second-order valence-corrected chi connectivity index (χ2v) is 6.52.